The molecule has 1 rings (SSSR count). The van der Waals surface area contributed by atoms with Gasteiger partial charge in [0.25, 0.3) is 11.8 Å². The van der Waals surface area contributed by atoms with Crippen molar-refractivity contribution in [2.45, 2.75) is 11.7 Å². The predicted molar refractivity (Wildman–Crippen MR) is 48.3 cm³/mol. The van der Waals surface area contributed by atoms with Crippen LogP contribution in [0.3, 0.4) is 0 Å². The molecule has 1 heterocycles. The number of barbiturate groups is 1. The molecule has 1 saturated heterocycles. The summed E-state index contributed by atoms with van der Waals surface area (Å²) in [5.74, 6) is -1.19. The van der Waals surface area contributed by atoms with Gasteiger partial charge in [0.2, 0.25) is 0 Å². The SMILES string of the molecule is CN1C(=O)N(C)C(=O)C(C)(S)C1=O. The van der Waals surface area contributed by atoms with Crippen molar-refractivity contribution in [1.82, 2.24) is 9.80 Å². The van der Waals surface area contributed by atoms with Crippen molar-refractivity contribution in [1.29, 1.82) is 0 Å². The second kappa shape index (κ2) is 2.73. The van der Waals surface area contributed by atoms with Crippen molar-refractivity contribution in [3.05, 3.63) is 0 Å². The summed E-state index contributed by atoms with van der Waals surface area (Å²) in [5, 5.41) is 0. The molecule has 0 N–H and O–H groups in total. The summed E-state index contributed by atoms with van der Waals surface area (Å²) in [7, 11) is 2.64. The van der Waals surface area contributed by atoms with E-state index < -0.39 is 22.6 Å². The molecule has 0 aromatic heterocycles. The van der Waals surface area contributed by atoms with E-state index >= 15 is 0 Å². The molecule has 6 heteroatoms. The third-order valence-corrected chi connectivity index (χ3v) is 2.40. The van der Waals surface area contributed by atoms with Gasteiger partial charge in [-0.05, 0) is 6.92 Å². The third kappa shape index (κ3) is 1.21. The zero-order valence-corrected chi connectivity index (χ0v) is 8.46. The van der Waals surface area contributed by atoms with E-state index in [1.54, 1.807) is 0 Å². The molecule has 1 fully saturated rings. The van der Waals surface area contributed by atoms with E-state index in [4.69, 9.17) is 0 Å². The molecule has 1 aliphatic heterocycles. The number of hydrogen-bond donors (Lipinski definition) is 1. The number of rotatable bonds is 0. The first kappa shape index (κ1) is 10.0. The van der Waals surface area contributed by atoms with Gasteiger partial charge < -0.3 is 0 Å². The molecule has 5 nitrogen and oxygen atoms in total. The van der Waals surface area contributed by atoms with Crippen molar-refractivity contribution < 1.29 is 14.4 Å². The van der Waals surface area contributed by atoms with Gasteiger partial charge in [-0.1, -0.05) is 0 Å². The molecule has 0 aromatic carbocycles. The van der Waals surface area contributed by atoms with Crippen molar-refractivity contribution >= 4 is 30.5 Å². The van der Waals surface area contributed by atoms with E-state index in [9.17, 15) is 14.4 Å². The minimum absolute atomic E-state index is 0.594. The molecular formula is C7H10N2O3S. The van der Waals surface area contributed by atoms with E-state index in [1.807, 2.05) is 0 Å². The lowest BCUT2D eigenvalue weighted by Crippen LogP contribution is -2.63. The van der Waals surface area contributed by atoms with Crippen LogP contribution < -0.4 is 0 Å². The van der Waals surface area contributed by atoms with Crippen LogP contribution in [0.15, 0.2) is 0 Å². The van der Waals surface area contributed by atoms with Gasteiger partial charge in [-0.2, -0.15) is 12.6 Å². The summed E-state index contributed by atoms with van der Waals surface area (Å²) in [6, 6.07) is -0.624. The van der Waals surface area contributed by atoms with Crippen LogP contribution in [0.5, 0.6) is 0 Å². The van der Waals surface area contributed by atoms with Crippen LogP contribution >= 0.6 is 12.6 Å². The second-order valence-corrected chi connectivity index (χ2v) is 3.98. The smallest absolute Gasteiger partial charge is 0.272 e. The lowest BCUT2D eigenvalue weighted by molar-refractivity contribution is -0.144. The molecule has 0 radical (unpaired) electrons. The quantitative estimate of drug-likeness (QED) is 0.434. The van der Waals surface area contributed by atoms with Crippen LogP contribution in [0.1, 0.15) is 6.92 Å². The molecule has 0 aliphatic carbocycles. The third-order valence-electron chi connectivity index (χ3n) is 2.02. The maximum absolute atomic E-state index is 11.4. The fourth-order valence-electron chi connectivity index (χ4n) is 1.14. The van der Waals surface area contributed by atoms with Gasteiger partial charge >= 0.3 is 6.03 Å². The minimum Gasteiger partial charge on any atom is -0.272 e. The number of amides is 4. The lowest BCUT2D eigenvalue weighted by atomic mass is 10.1. The van der Waals surface area contributed by atoms with Gasteiger partial charge in [-0.15, -0.1) is 0 Å². The highest BCUT2D eigenvalue weighted by molar-refractivity contribution is 7.83. The Hall–Kier alpha value is -1.04. The average Bonchev–Trinajstić information content (AvgIpc) is 2.09. The van der Waals surface area contributed by atoms with Gasteiger partial charge in [0.05, 0.1) is 0 Å². The number of carbonyl (C=O) groups excluding carboxylic acids is 3. The average molecular weight is 202 g/mol. The van der Waals surface area contributed by atoms with Crippen LogP contribution in [0, 0.1) is 0 Å². The Morgan fingerprint density at radius 1 is 1.08 bits per heavy atom. The standard InChI is InChI=1S/C7H10N2O3S/c1-7(13)4(10)8(2)6(12)9(3)5(7)11/h13H,1-3H3. The number of urea groups is 1. The molecule has 0 spiro atoms. The molecule has 13 heavy (non-hydrogen) atoms. The maximum Gasteiger partial charge on any atom is 0.332 e. The molecule has 72 valence electrons. The summed E-state index contributed by atoms with van der Waals surface area (Å²) in [6.07, 6.45) is 0. The Kier molecular flexibility index (Phi) is 2.11. The number of imide groups is 2. The van der Waals surface area contributed by atoms with Gasteiger partial charge in [-0.25, -0.2) is 4.79 Å². The fraction of sp³-hybridized carbons (Fsp3) is 0.571. The first-order chi connectivity index (χ1) is 5.80. The molecule has 0 atom stereocenters. The summed E-state index contributed by atoms with van der Waals surface area (Å²) < 4.78 is -1.43. The highest BCUT2D eigenvalue weighted by Crippen LogP contribution is 2.24. The first-order valence-corrected chi connectivity index (χ1v) is 4.07. The summed E-state index contributed by atoms with van der Waals surface area (Å²) in [6.45, 7) is 1.38. The van der Waals surface area contributed by atoms with Crippen molar-refractivity contribution in [2.24, 2.45) is 0 Å². The Bertz CT molecular complexity index is 274. The molecule has 0 aromatic rings. The maximum atomic E-state index is 11.4. The second-order valence-electron chi connectivity index (χ2n) is 3.08. The summed E-state index contributed by atoms with van der Waals surface area (Å²) in [5.41, 5.74) is 0. The number of hydrogen-bond acceptors (Lipinski definition) is 4. The fourth-order valence-corrected chi connectivity index (χ4v) is 1.44. The topological polar surface area (TPSA) is 57.7 Å². The van der Waals surface area contributed by atoms with E-state index in [2.05, 4.69) is 12.6 Å². The van der Waals surface area contributed by atoms with E-state index in [0.29, 0.717) is 0 Å². The van der Waals surface area contributed by atoms with Gasteiger partial charge in [0.15, 0.2) is 4.75 Å². The van der Waals surface area contributed by atoms with Gasteiger partial charge in [0, 0.05) is 14.1 Å². The zero-order valence-electron chi connectivity index (χ0n) is 7.57. The van der Waals surface area contributed by atoms with Gasteiger partial charge in [0.1, 0.15) is 0 Å². The molecule has 0 saturated carbocycles. The summed E-state index contributed by atoms with van der Waals surface area (Å²) in [4.78, 5) is 35.8. The van der Waals surface area contributed by atoms with Crippen LogP contribution in [0.4, 0.5) is 4.79 Å². The minimum atomic E-state index is -1.43. The molecule has 0 bridgehead atoms. The largest absolute Gasteiger partial charge is 0.332 e. The first-order valence-electron chi connectivity index (χ1n) is 3.62. The Balaban J connectivity index is 3.15. The number of nitrogens with zero attached hydrogens (tertiary/aromatic N) is 2. The van der Waals surface area contributed by atoms with Crippen LogP contribution in [0.25, 0.3) is 0 Å². The van der Waals surface area contributed by atoms with Crippen molar-refractivity contribution in [3.8, 4) is 0 Å². The number of thiol groups is 1. The Morgan fingerprint density at radius 3 is 1.69 bits per heavy atom. The summed E-state index contributed by atoms with van der Waals surface area (Å²) >= 11 is 3.93. The van der Waals surface area contributed by atoms with Gasteiger partial charge in [-0.3, -0.25) is 19.4 Å². The number of carbonyl (C=O) groups is 3. The highest BCUT2D eigenvalue weighted by atomic mass is 32.1. The van der Waals surface area contributed by atoms with Crippen LogP contribution in [-0.2, 0) is 9.59 Å². The Morgan fingerprint density at radius 2 is 1.38 bits per heavy atom. The van der Waals surface area contributed by atoms with Crippen molar-refractivity contribution in [2.75, 3.05) is 14.1 Å². The molecule has 0 unspecified atom stereocenters. The normalized spacial score (nSPS) is 22.6. The lowest BCUT2D eigenvalue weighted by Gasteiger charge is -2.36. The van der Waals surface area contributed by atoms with E-state index in [1.165, 1.54) is 21.0 Å². The monoisotopic (exact) mass is 202 g/mol. The van der Waals surface area contributed by atoms with Crippen LogP contribution in [0.2, 0.25) is 0 Å². The Labute approximate surface area is 81.1 Å². The molecule has 4 amide bonds. The predicted octanol–water partition coefficient (Wildman–Crippen LogP) is -0.275. The van der Waals surface area contributed by atoms with E-state index in [0.717, 1.165) is 9.80 Å². The zero-order chi connectivity index (χ0) is 10.4. The molecule has 1 aliphatic rings. The highest BCUT2D eigenvalue weighted by Gasteiger charge is 2.49. The van der Waals surface area contributed by atoms with Crippen LogP contribution in [-0.4, -0.2) is 46.5 Å². The molecular weight excluding hydrogens is 192 g/mol. The van der Waals surface area contributed by atoms with Crippen molar-refractivity contribution in [3.63, 3.8) is 0 Å². The van der Waals surface area contributed by atoms with E-state index in [-0.39, 0.29) is 0 Å².